The van der Waals surface area contributed by atoms with E-state index in [1.807, 2.05) is 68.4 Å². The zero-order valence-electron chi connectivity index (χ0n) is 20.2. The van der Waals surface area contributed by atoms with Crippen LogP contribution in [-0.4, -0.2) is 34.6 Å². The highest BCUT2D eigenvalue weighted by Gasteiger charge is 2.31. The van der Waals surface area contributed by atoms with E-state index in [0.29, 0.717) is 32.8 Å². The number of nitrogens with zero attached hydrogens (tertiary/aromatic N) is 1. The molecule has 0 saturated carbocycles. The molecule has 0 spiro atoms. The third kappa shape index (κ3) is 8.45. The van der Waals surface area contributed by atoms with Crippen molar-refractivity contribution in [2.75, 3.05) is 5.75 Å². The van der Waals surface area contributed by atoms with Crippen LogP contribution < -0.4 is 5.32 Å². The van der Waals surface area contributed by atoms with Gasteiger partial charge in [-0.2, -0.15) is 0 Å². The van der Waals surface area contributed by atoms with Gasteiger partial charge in [-0.3, -0.25) is 9.59 Å². The summed E-state index contributed by atoms with van der Waals surface area (Å²) in [6.07, 6.45) is 0.618. The van der Waals surface area contributed by atoms with Gasteiger partial charge in [0, 0.05) is 56.7 Å². The molecule has 1 N–H and O–H groups in total. The quantitative estimate of drug-likeness (QED) is 0.249. The van der Waals surface area contributed by atoms with E-state index in [-0.39, 0.29) is 30.8 Å². The number of benzene rings is 3. The number of nitrogens with one attached hydrogen (secondary N) is 1. The lowest BCUT2D eigenvalue weighted by Crippen LogP contribution is -2.52. The number of halogens is 3. The minimum Gasteiger partial charge on any atom is -0.352 e. The first-order valence-corrected chi connectivity index (χ1v) is 13.8. The lowest BCUT2D eigenvalue weighted by atomic mass is 10.0. The fourth-order valence-corrected chi connectivity index (χ4v) is 5.20. The van der Waals surface area contributed by atoms with Crippen molar-refractivity contribution in [2.24, 2.45) is 0 Å². The van der Waals surface area contributed by atoms with Crippen LogP contribution in [0.2, 0.25) is 15.1 Å². The van der Waals surface area contributed by atoms with Crippen LogP contribution in [0.3, 0.4) is 0 Å². The first kappa shape index (κ1) is 28.4. The van der Waals surface area contributed by atoms with Crippen LogP contribution in [0.5, 0.6) is 0 Å². The van der Waals surface area contributed by atoms with Gasteiger partial charge in [-0.25, -0.2) is 0 Å². The summed E-state index contributed by atoms with van der Waals surface area (Å²) in [6.45, 7) is 3.93. The number of thioether (sulfide) groups is 1. The van der Waals surface area contributed by atoms with Gasteiger partial charge in [-0.05, 0) is 55.8 Å². The third-order valence-electron chi connectivity index (χ3n) is 5.49. The molecule has 0 bridgehead atoms. The average Bonchev–Trinajstić information content (AvgIpc) is 2.84. The Balaban J connectivity index is 1.89. The summed E-state index contributed by atoms with van der Waals surface area (Å²) in [6, 6.07) is 21.6. The highest BCUT2D eigenvalue weighted by Crippen LogP contribution is 2.28. The predicted molar refractivity (Wildman–Crippen MR) is 151 cm³/mol. The molecule has 3 aromatic carbocycles. The van der Waals surface area contributed by atoms with Crippen LogP contribution >= 0.6 is 46.6 Å². The minimum atomic E-state index is -0.727. The molecule has 36 heavy (non-hydrogen) atoms. The first-order chi connectivity index (χ1) is 17.2. The summed E-state index contributed by atoms with van der Waals surface area (Å²) < 4.78 is 0. The fourth-order valence-electron chi connectivity index (χ4n) is 3.72. The fraction of sp³-hybridized carbons (Fsp3) is 0.286. The van der Waals surface area contributed by atoms with Crippen LogP contribution in [-0.2, 0) is 22.6 Å². The molecule has 3 aromatic rings. The van der Waals surface area contributed by atoms with E-state index < -0.39 is 6.04 Å². The molecular weight excluding hydrogens is 535 g/mol. The van der Waals surface area contributed by atoms with Crippen LogP contribution in [0.15, 0.2) is 77.7 Å². The van der Waals surface area contributed by atoms with Gasteiger partial charge in [0.2, 0.25) is 11.8 Å². The standard InChI is InChI=1S/C28H29Cl3N2O2S/c1-19(2)32-28(35)26(17-20-7-4-3-5-8-20)33(18-23-24(30)9-6-10-25(23)31)27(34)15-16-36-22-13-11-21(29)12-14-22/h3-14,19,26H,15-18H2,1-2H3,(H,32,35)/t26-/m1/s1. The molecule has 190 valence electrons. The number of rotatable bonds is 11. The normalized spacial score (nSPS) is 11.8. The Morgan fingerprint density at radius 1 is 0.889 bits per heavy atom. The zero-order valence-corrected chi connectivity index (χ0v) is 23.3. The van der Waals surface area contributed by atoms with Gasteiger partial charge in [0.25, 0.3) is 0 Å². The van der Waals surface area contributed by atoms with E-state index in [4.69, 9.17) is 34.8 Å². The largest absolute Gasteiger partial charge is 0.352 e. The van der Waals surface area contributed by atoms with Gasteiger partial charge in [0.05, 0.1) is 0 Å². The number of hydrogen-bond donors (Lipinski definition) is 1. The molecule has 1 atom stereocenters. The first-order valence-electron chi connectivity index (χ1n) is 11.7. The SMILES string of the molecule is CC(C)NC(=O)[C@@H](Cc1ccccc1)N(Cc1c(Cl)cccc1Cl)C(=O)CCSc1ccc(Cl)cc1. The lowest BCUT2D eigenvalue weighted by molar-refractivity contribution is -0.141. The molecule has 4 nitrogen and oxygen atoms in total. The molecule has 8 heteroatoms. The van der Waals surface area contributed by atoms with Crippen LogP contribution in [0.4, 0.5) is 0 Å². The summed E-state index contributed by atoms with van der Waals surface area (Å²) in [5, 5.41) is 4.56. The Labute approximate surface area is 232 Å². The Kier molecular flexibility index (Phi) is 11.0. The van der Waals surface area contributed by atoms with Gasteiger partial charge in [-0.15, -0.1) is 11.8 Å². The van der Waals surface area contributed by atoms with Gasteiger partial charge >= 0.3 is 0 Å². The third-order valence-corrected chi connectivity index (χ3v) is 7.46. The van der Waals surface area contributed by atoms with Gasteiger partial charge in [0.15, 0.2) is 0 Å². The van der Waals surface area contributed by atoms with Crippen molar-refractivity contribution < 1.29 is 9.59 Å². The molecule has 0 fully saturated rings. The minimum absolute atomic E-state index is 0.0721. The summed E-state index contributed by atoms with van der Waals surface area (Å²) >= 11 is 20.5. The topological polar surface area (TPSA) is 49.4 Å². The van der Waals surface area contributed by atoms with E-state index in [0.717, 1.165) is 10.5 Å². The van der Waals surface area contributed by atoms with E-state index >= 15 is 0 Å². The monoisotopic (exact) mass is 562 g/mol. The predicted octanol–water partition coefficient (Wildman–Crippen LogP) is 7.29. The molecule has 2 amide bonds. The Bertz CT molecular complexity index is 1140. The molecular formula is C28H29Cl3N2O2S. The molecule has 0 radical (unpaired) electrons. The number of amides is 2. The van der Waals surface area contributed by atoms with Crippen molar-refractivity contribution in [3.63, 3.8) is 0 Å². The summed E-state index contributed by atoms with van der Waals surface area (Å²) in [7, 11) is 0. The highest BCUT2D eigenvalue weighted by molar-refractivity contribution is 7.99. The Morgan fingerprint density at radius 2 is 1.53 bits per heavy atom. The van der Waals surface area contributed by atoms with Crippen molar-refractivity contribution in [2.45, 2.75) is 50.2 Å². The smallest absolute Gasteiger partial charge is 0.243 e. The summed E-state index contributed by atoms with van der Waals surface area (Å²) in [4.78, 5) is 29.7. The second-order valence-corrected chi connectivity index (χ2v) is 11.1. The van der Waals surface area contributed by atoms with Gasteiger partial charge in [-0.1, -0.05) is 71.2 Å². The summed E-state index contributed by atoms with van der Waals surface area (Å²) in [5.41, 5.74) is 1.58. The van der Waals surface area contributed by atoms with Gasteiger partial charge in [0.1, 0.15) is 6.04 Å². The van der Waals surface area contributed by atoms with E-state index in [2.05, 4.69) is 5.32 Å². The Morgan fingerprint density at radius 3 is 2.14 bits per heavy atom. The van der Waals surface area contributed by atoms with Crippen LogP contribution in [0, 0.1) is 0 Å². The molecule has 0 unspecified atom stereocenters. The van der Waals surface area contributed by atoms with E-state index in [9.17, 15) is 9.59 Å². The molecule has 0 aliphatic carbocycles. The van der Waals surface area contributed by atoms with Crippen molar-refractivity contribution in [1.29, 1.82) is 0 Å². The molecule has 0 aliphatic rings. The van der Waals surface area contributed by atoms with Gasteiger partial charge < -0.3 is 10.2 Å². The maximum absolute atomic E-state index is 13.7. The number of hydrogen-bond acceptors (Lipinski definition) is 3. The molecule has 0 saturated heterocycles. The van der Waals surface area contributed by atoms with Crippen molar-refractivity contribution in [3.05, 3.63) is 99.0 Å². The maximum atomic E-state index is 13.7. The Hall–Kier alpha value is -2.18. The van der Waals surface area contributed by atoms with Crippen molar-refractivity contribution in [3.8, 4) is 0 Å². The molecule has 0 heterocycles. The average molecular weight is 564 g/mol. The molecule has 0 aromatic heterocycles. The summed E-state index contributed by atoms with van der Waals surface area (Å²) in [5.74, 6) is 0.194. The molecule has 0 aliphatic heterocycles. The van der Waals surface area contributed by atoms with Crippen molar-refractivity contribution in [1.82, 2.24) is 10.2 Å². The molecule has 3 rings (SSSR count). The second kappa shape index (κ2) is 13.9. The zero-order chi connectivity index (χ0) is 26.1. The lowest BCUT2D eigenvalue weighted by Gasteiger charge is -2.32. The number of carbonyl (C=O) groups is 2. The number of carbonyl (C=O) groups excluding carboxylic acids is 2. The highest BCUT2D eigenvalue weighted by atomic mass is 35.5. The second-order valence-electron chi connectivity index (χ2n) is 8.64. The van der Waals surface area contributed by atoms with E-state index in [1.165, 1.54) is 0 Å². The van der Waals surface area contributed by atoms with E-state index in [1.54, 1.807) is 34.9 Å². The van der Waals surface area contributed by atoms with Crippen molar-refractivity contribution >= 4 is 58.4 Å². The maximum Gasteiger partial charge on any atom is 0.243 e. The van der Waals surface area contributed by atoms with Crippen LogP contribution in [0.1, 0.15) is 31.4 Å². The van der Waals surface area contributed by atoms with Crippen LogP contribution in [0.25, 0.3) is 0 Å².